The fourth-order valence-corrected chi connectivity index (χ4v) is 4.62. The second kappa shape index (κ2) is 8.59. The molecule has 2 N–H and O–H groups in total. The van der Waals surface area contributed by atoms with Crippen molar-refractivity contribution in [3.8, 4) is 23.0 Å². The summed E-state index contributed by atoms with van der Waals surface area (Å²) in [7, 11) is -4.14. The van der Waals surface area contributed by atoms with Crippen molar-refractivity contribution in [2.24, 2.45) is 0 Å². The van der Waals surface area contributed by atoms with Gasteiger partial charge in [-0.15, -0.1) is 0 Å². The van der Waals surface area contributed by atoms with Crippen LogP contribution in [0.5, 0.6) is 23.0 Å². The highest BCUT2D eigenvalue weighted by Crippen LogP contribution is 2.40. The summed E-state index contributed by atoms with van der Waals surface area (Å²) in [6.07, 6.45) is 0. The molecule has 2 aromatic rings. The summed E-state index contributed by atoms with van der Waals surface area (Å²) in [6.45, 7) is 21.3. The first-order valence-corrected chi connectivity index (χ1v) is 16.8. The maximum absolute atomic E-state index is 13.0. The summed E-state index contributed by atoms with van der Waals surface area (Å²) in [5, 5.41) is 21.1. The molecule has 176 valence electrons. The largest absolute Gasteiger partial charge is 0.543 e. The molecule has 2 aromatic carbocycles. The zero-order chi connectivity index (χ0) is 24.7. The van der Waals surface area contributed by atoms with E-state index in [1.807, 2.05) is 0 Å². The summed E-state index contributed by atoms with van der Waals surface area (Å²) in [6, 6.07) is 9.41. The number of carbonyl (C=O) groups excluding carboxylic acids is 1. The molecule has 0 aliphatic rings. The second-order valence-electron chi connectivity index (χ2n) is 11.4. The standard InChI is InChI=1S/C25H38O5Si2/c1-24(2,3)31(7,8)29-17-11-13-19(21(26)15-17)23(28)20-14-12-18(16-22(20)27)30-32(9,10)25(4,5)6/h11-16,26-27H,1-10H3. The van der Waals surface area contributed by atoms with E-state index in [4.69, 9.17) is 8.85 Å². The van der Waals surface area contributed by atoms with Crippen molar-refractivity contribution >= 4 is 22.4 Å². The van der Waals surface area contributed by atoms with Gasteiger partial charge in [-0.3, -0.25) is 4.79 Å². The van der Waals surface area contributed by atoms with E-state index in [1.54, 1.807) is 24.3 Å². The first-order valence-electron chi connectivity index (χ1n) is 10.9. The maximum atomic E-state index is 13.0. The van der Waals surface area contributed by atoms with Crippen LogP contribution in [0.1, 0.15) is 57.5 Å². The van der Waals surface area contributed by atoms with Crippen molar-refractivity contribution in [3.05, 3.63) is 47.5 Å². The Bertz CT molecular complexity index is 919. The molecule has 0 heterocycles. The van der Waals surface area contributed by atoms with E-state index in [1.165, 1.54) is 12.1 Å². The molecule has 0 radical (unpaired) electrons. The Kier molecular flexibility index (Phi) is 6.98. The van der Waals surface area contributed by atoms with Crippen molar-refractivity contribution in [1.29, 1.82) is 0 Å². The first-order chi connectivity index (χ1) is 14.4. The van der Waals surface area contributed by atoms with Crippen molar-refractivity contribution in [2.45, 2.75) is 77.8 Å². The molecule has 0 unspecified atom stereocenters. The molecule has 0 fully saturated rings. The quantitative estimate of drug-likeness (QED) is 0.345. The number of aromatic hydroxyl groups is 2. The lowest BCUT2D eigenvalue weighted by atomic mass is 10.0. The highest BCUT2D eigenvalue weighted by atomic mass is 28.4. The predicted molar refractivity (Wildman–Crippen MR) is 135 cm³/mol. The number of benzene rings is 2. The van der Waals surface area contributed by atoms with Crippen molar-refractivity contribution in [1.82, 2.24) is 0 Å². The molecule has 5 nitrogen and oxygen atoms in total. The second-order valence-corrected chi connectivity index (χ2v) is 20.9. The zero-order valence-corrected chi connectivity index (χ0v) is 23.1. The number of hydrogen-bond donors (Lipinski definition) is 2. The van der Waals surface area contributed by atoms with Crippen LogP contribution in [0.15, 0.2) is 36.4 Å². The number of ketones is 1. The fraction of sp³-hybridized carbons (Fsp3) is 0.480. The van der Waals surface area contributed by atoms with Crippen LogP contribution in [-0.2, 0) is 0 Å². The molecule has 7 heteroatoms. The number of hydrogen-bond acceptors (Lipinski definition) is 5. The average Bonchev–Trinajstić information content (AvgIpc) is 2.58. The van der Waals surface area contributed by atoms with Crippen molar-refractivity contribution < 1.29 is 23.9 Å². The first kappa shape index (κ1) is 26.0. The summed E-state index contributed by atoms with van der Waals surface area (Å²) < 4.78 is 12.4. The SMILES string of the molecule is CC(C)(C)[Si](C)(C)Oc1ccc(C(=O)c2ccc(O[Si](C)(C)C(C)(C)C)cc2O)c(O)c1. The minimum atomic E-state index is -2.07. The molecule has 32 heavy (non-hydrogen) atoms. The Morgan fingerprint density at radius 3 is 1.25 bits per heavy atom. The van der Waals surface area contributed by atoms with Gasteiger partial charge in [-0.2, -0.15) is 0 Å². The molecule has 0 saturated heterocycles. The molecule has 0 spiro atoms. The minimum absolute atomic E-state index is 0.0110. The summed E-state index contributed by atoms with van der Waals surface area (Å²) in [5.41, 5.74) is 0.224. The lowest BCUT2D eigenvalue weighted by Crippen LogP contribution is -2.43. The molecule has 0 amide bonds. The number of phenolic OH excluding ortho intramolecular Hbond substituents is 2. The lowest BCUT2D eigenvalue weighted by molar-refractivity contribution is 0.103. The normalized spacial score (nSPS) is 13.1. The third-order valence-corrected chi connectivity index (χ3v) is 15.5. The average molecular weight is 475 g/mol. The van der Waals surface area contributed by atoms with Gasteiger partial charge in [0.1, 0.15) is 23.0 Å². The Morgan fingerprint density at radius 1 is 0.688 bits per heavy atom. The molecule has 0 aromatic heterocycles. The van der Waals surface area contributed by atoms with E-state index < -0.39 is 22.4 Å². The molecular formula is C25H38O5Si2. The van der Waals surface area contributed by atoms with Crippen LogP contribution < -0.4 is 8.85 Å². The Morgan fingerprint density at radius 2 is 1.00 bits per heavy atom. The predicted octanol–water partition coefficient (Wildman–Crippen LogP) is 7.10. The number of rotatable bonds is 6. The van der Waals surface area contributed by atoms with Crippen LogP contribution in [0.25, 0.3) is 0 Å². The third-order valence-electron chi connectivity index (χ3n) is 6.79. The van der Waals surface area contributed by atoms with Gasteiger partial charge in [-0.1, -0.05) is 41.5 Å². The minimum Gasteiger partial charge on any atom is -0.543 e. The van der Waals surface area contributed by atoms with Crippen LogP contribution in [0.4, 0.5) is 0 Å². The fourth-order valence-electron chi connectivity index (χ4n) is 2.57. The molecule has 0 atom stereocenters. The van der Waals surface area contributed by atoms with Gasteiger partial charge in [0.15, 0.2) is 5.78 Å². The maximum Gasteiger partial charge on any atom is 0.250 e. The van der Waals surface area contributed by atoms with E-state index in [0.29, 0.717) is 11.5 Å². The zero-order valence-electron chi connectivity index (χ0n) is 21.1. The Labute approximate surface area is 194 Å². The van der Waals surface area contributed by atoms with E-state index in [2.05, 4.69) is 67.7 Å². The summed E-state index contributed by atoms with van der Waals surface area (Å²) in [5.74, 6) is 0.262. The molecule has 2 rings (SSSR count). The van der Waals surface area contributed by atoms with Gasteiger partial charge >= 0.3 is 0 Å². The van der Waals surface area contributed by atoms with Gasteiger partial charge in [0.25, 0.3) is 0 Å². The summed E-state index contributed by atoms with van der Waals surface area (Å²) >= 11 is 0. The molecule has 0 aliphatic heterocycles. The van der Waals surface area contributed by atoms with Crippen LogP contribution in [0, 0.1) is 0 Å². The highest BCUT2D eigenvalue weighted by molar-refractivity contribution is 6.75. The van der Waals surface area contributed by atoms with Crippen LogP contribution in [0.2, 0.25) is 36.3 Å². The van der Waals surface area contributed by atoms with E-state index >= 15 is 0 Å². The lowest BCUT2D eigenvalue weighted by Gasteiger charge is -2.36. The summed E-state index contributed by atoms with van der Waals surface area (Å²) in [4.78, 5) is 13.0. The van der Waals surface area contributed by atoms with Gasteiger partial charge in [-0.05, 0) is 60.5 Å². The van der Waals surface area contributed by atoms with E-state index in [0.717, 1.165) is 0 Å². The van der Waals surface area contributed by atoms with Crippen LogP contribution >= 0.6 is 0 Å². The van der Waals surface area contributed by atoms with Gasteiger partial charge in [0.05, 0.1) is 11.1 Å². The van der Waals surface area contributed by atoms with E-state index in [-0.39, 0.29) is 32.7 Å². The van der Waals surface area contributed by atoms with Gasteiger partial charge in [0, 0.05) is 12.1 Å². The third kappa shape index (κ3) is 5.56. The molecular weight excluding hydrogens is 436 g/mol. The number of phenols is 2. The number of carbonyl (C=O) groups is 1. The van der Waals surface area contributed by atoms with Gasteiger partial charge < -0.3 is 19.1 Å². The Hall–Kier alpha value is -2.26. The smallest absolute Gasteiger partial charge is 0.250 e. The van der Waals surface area contributed by atoms with Gasteiger partial charge in [0.2, 0.25) is 16.6 Å². The van der Waals surface area contributed by atoms with Crippen LogP contribution in [0.3, 0.4) is 0 Å². The Balaban J connectivity index is 2.28. The van der Waals surface area contributed by atoms with Gasteiger partial charge in [-0.25, -0.2) is 0 Å². The topological polar surface area (TPSA) is 76.0 Å². The monoisotopic (exact) mass is 474 g/mol. The van der Waals surface area contributed by atoms with E-state index in [9.17, 15) is 15.0 Å². The molecule has 0 aliphatic carbocycles. The molecule has 0 saturated carbocycles. The molecule has 0 bridgehead atoms. The van der Waals surface area contributed by atoms with Crippen molar-refractivity contribution in [3.63, 3.8) is 0 Å². The highest BCUT2D eigenvalue weighted by Gasteiger charge is 2.40. The van der Waals surface area contributed by atoms with Crippen molar-refractivity contribution in [2.75, 3.05) is 0 Å². The van der Waals surface area contributed by atoms with Crippen LogP contribution in [-0.4, -0.2) is 32.6 Å².